The summed E-state index contributed by atoms with van der Waals surface area (Å²) in [6.07, 6.45) is 6.21. The van der Waals surface area contributed by atoms with E-state index in [1.807, 2.05) is 42.6 Å². The van der Waals surface area contributed by atoms with Gasteiger partial charge in [0.1, 0.15) is 0 Å². The zero-order valence-corrected chi connectivity index (χ0v) is 18.3. The summed E-state index contributed by atoms with van der Waals surface area (Å²) >= 11 is 0. The van der Waals surface area contributed by atoms with E-state index in [2.05, 4.69) is 44.7 Å². The summed E-state index contributed by atoms with van der Waals surface area (Å²) < 4.78 is 6.49. The third-order valence-electron chi connectivity index (χ3n) is 6.81. The second-order valence-corrected chi connectivity index (χ2v) is 8.95. The quantitative estimate of drug-likeness (QED) is 0.620. The number of piperidine rings is 1. The van der Waals surface area contributed by atoms with E-state index in [0.29, 0.717) is 12.1 Å². The molecule has 2 N–H and O–H groups in total. The van der Waals surface area contributed by atoms with Gasteiger partial charge in [0.25, 0.3) is 5.91 Å². The summed E-state index contributed by atoms with van der Waals surface area (Å²) in [4.78, 5) is 14.8. The normalized spacial score (nSPS) is 20.4. The SMILES string of the molecule is O=C(NCC1CCC2(CCN(Cc3cn[nH]c3-c3ccccc3)CC2)O1)c1ccccc1. The highest BCUT2D eigenvalue weighted by Crippen LogP contribution is 2.39. The summed E-state index contributed by atoms with van der Waals surface area (Å²) in [7, 11) is 0. The molecule has 2 saturated heterocycles. The number of ether oxygens (including phenoxy) is 1. The fraction of sp³-hybridized carbons (Fsp3) is 0.385. The van der Waals surface area contributed by atoms with Crippen LogP contribution in [0.5, 0.6) is 0 Å². The molecule has 32 heavy (non-hydrogen) atoms. The van der Waals surface area contributed by atoms with Gasteiger partial charge in [-0.15, -0.1) is 0 Å². The molecule has 166 valence electrons. The van der Waals surface area contributed by atoms with E-state index in [1.54, 1.807) is 0 Å². The zero-order chi connectivity index (χ0) is 21.8. The van der Waals surface area contributed by atoms with Gasteiger partial charge in [-0.3, -0.25) is 14.8 Å². The molecule has 5 rings (SSSR count). The Morgan fingerprint density at radius 2 is 1.78 bits per heavy atom. The molecule has 2 aliphatic heterocycles. The van der Waals surface area contributed by atoms with Crippen molar-refractivity contribution >= 4 is 5.91 Å². The van der Waals surface area contributed by atoms with Crippen LogP contribution < -0.4 is 5.32 Å². The predicted molar refractivity (Wildman–Crippen MR) is 124 cm³/mol. The van der Waals surface area contributed by atoms with E-state index >= 15 is 0 Å². The molecule has 1 spiro atoms. The molecule has 6 heteroatoms. The van der Waals surface area contributed by atoms with Crippen molar-refractivity contribution in [2.45, 2.75) is 43.9 Å². The number of carbonyl (C=O) groups excluding carboxylic acids is 1. The van der Waals surface area contributed by atoms with Crippen molar-refractivity contribution in [3.05, 3.63) is 78.0 Å². The van der Waals surface area contributed by atoms with Crippen molar-refractivity contribution in [3.63, 3.8) is 0 Å². The summed E-state index contributed by atoms with van der Waals surface area (Å²) in [5.74, 6) is -0.0284. The first-order chi connectivity index (χ1) is 15.7. The third kappa shape index (κ3) is 4.61. The van der Waals surface area contributed by atoms with Crippen LogP contribution in [0.15, 0.2) is 66.9 Å². The molecule has 3 heterocycles. The van der Waals surface area contributed by atoms with Crippen LogP contribution in [-0.2, 0) is 11.3 Å². The molecule has 1 aromatic heterocycles. The van der Waals surface area contributed by atoms with E-state index < -0.39 is 0 Å². The Morgan fingerprint density at radius 3 is 2.53 bits per heavy atom. The van der Waals surface area contributed by atoms with E-state index in [0.717, 1.165) is 51.0 Å². The van der Waals surface area contributed by atoms with Crippen LogP contribution in [-0.4, -0.2) is 52.3 Å². The molecule has 2 aliphatic rings. The summed E-state index contributed by atoms with van der Waals surface area (Å²) in [6, 6.07) is 19.7. The standard InChI is InChI=1S/C26H30N4O2/c31-25(21-9-5-2-6-10-21)27-18-23-11-12-26(32-23)13-15-30(16-14-26)19-22-17-28-29-24(22)20-7-3-1-4-8-20/h1-10,17,23H,11-16,18-19H2,(H,27,31)(H,28,29). The number of benzene rings is 2. The first-order valence-electron chi connectivity index (χ1n) is 11.5. The van der Waals surface area contributed by atoms with Gasteiger partial charge < -0.3 is 10.1 Å². The number of carbonyl (C=O) groups is 1. The average Bonchev–Trinajstić information content (AvgIpc) is 3.47. The van der Waals surface area contributed by atoms with Crippen molar-refractivity contribution in [3.8, 4) is 11.3 Å². The minimum absolute atomic E-state index is 0.0284. The first kappa shape index (κ1) is 20.9. The van der Waals surface area contributed by atoms with Crippen LogP contribution in [0.25, 0.3) is 11.3 Å². The Hall–Kier alpha value is -2.96. The summed E-state index contributed by atoms with van der Waals surface area (Å²) in [5.41, 5.74) is 4.19. The number of aromatic amines is 1. The molecule has 1 atom stereocenters. The number of likely N-dealkylation sites (tertiary alicyclic amines) is 1. The Kier molecular flexibility index (Phi) is 6.06. The van der Waals surface area contributed by atoms with Crippen molar-refractivity contribution in [2.75, 3.05) is 19.6 Å². The molecule has 1 unspecified atom stereocenters. The Labute approximate surface area is 189 Å². The maximum absolute atomic E-state index is 12.3. The Morgan fingerprint density at radius 1 is 1.06 bits per heavy atom. The molecule has 0 saturated carbocycles. The summed E-state index contributed by atoms with van der Waals surface area (Å²) in [5, 5.41) is 10.5. The second-order valence-electron chi connectivity index (χ2n) is 8.95. The number of nitrogens with one attached hydrogen (secondary N) is 2. The van der Waals surface area contributed by atoms with Crippen LogP contribution in [0.4, 0.5) is 0 Å². The molecule has 3 aromatic rings. The van der Waals surface area contributed by atoms with Gasteiger partial charge in [-0.2, -0.15) is 5.10 Å². The monoisotopic (exact) mass is 430 g/mol. The number of rotatable bonds is 6. The first-order valence-corrected chi connectivity index (χ1v) is 11.5. The lowest BCUT2D eigenvalue weighted by Gasteiger charge is -2.39. The van der Waals surface area contributed by atoms with Crippen LogP contribution >= 0.6 is 0 Å². The lowest BCUT2D eigenvalue weighted by atomic mass is 9.88. The minimum atomic E-state index is -0.0305. The van der Waals surface area contributed by atoms with Crippen LogP contribution in [0, 0.1) is 0 Å². The van der Waals surface area contributed by atoms with Gasteiger partial charge in [-0.1, -0.05) is 48.5 Å². The van der Waals surface area contributed by atoms with Crippen LogP contribution in [0.2, 0.25) is 0 Å². The predicted octanol–water partition coefficient (Wildman–Crippen LogP) is 4.02. The number of hydrogen-bond acceptors (Lipinski definition) is 4. The van der Waals surface area contributed by atoms with Gasteiger partial charge in [-0.05, 0) is 43.4 Å². The molecule has 0 aliphatic carbocycles. The topological polar surface area (TPSA) is 70.2 Å². The van der Waals surface area contributed by atoms with Gasteiger partial charge in [0.2, 0.25) is 0 Å². The van der Waals surface area contributed by atoms with Crippen molar-refractivity contribution in [2.24, 2.45) is 0 Å². The maximum atomic E-state index is 12.3. The zero-order valence-electron chi connectivity index (χ0n) is 18.3. The number of aromatic nitrogens is 2. The van der Waals surface area contributed by atoms with Crippen molar-refractivity contribution in [1.29, 1.82) is 0 Å². The molecular formula is C26H30N4O2. The molecule has 2 fully saturated rings. The Balaban J connectivity index is 1.12. The number of H-pyrrole nitrogens is 1. The number of amides is 1. The van der Waals surface area contributed by atoms with Gasteiger partial charge in [0, 0.05) is 37.3 Å². The van der Waals surface area contributed by atoms with Gasteiger partial charge in [0.15, 0.2) is 0 Å². The fourth-order valence-electron chi connectivity index (χ4n) is 4.95. The highest BCUT2D eigenvalue weighted by Gasteiger charge is 2.42. The molecule has 2 aromatic carbocycles. The largest absolute Gasteiger partial charge is 0.370 e. The molecular weight excluding hydrogens is 400 g/mol. The van der Waals surface area contributed by atoms with E-state index in [-0.39, 0.29) is 17.6 Å². The number of nitrogens with zero attached hydrogens (tertiary/aromatic N) is 2. The lowest BCUT2D eigenvalue weighted by Crippen LogP contribution is -2.44. The fourth-order valence-corrected chi connectivity index (χ4v) is 4.95. The van der Waals surface area contributed by atoms with Crippen molar-refractivity contribution < 1.29 is 9.53 Å². The van der Waals surface area contributed by atoms with Gasteiger partial charge in [-0.25, -0.2) is 0 Å². The third-order valence-corrected chi connectivity index (χ3v) is 6.81. The lowest BCUT2D eigenvalue weighted by molar-refractivity contribution is -0.0764. The molecule has 1 amide bonds. The molecule has 6 nitrogen and oxygen atoms in total. The van der Waals surface area contributed by atoms with Gasteiger partial charge >= 0.3 is 0 Å². The highest BCUT2D eigenvalue weighted by atomic mass is 16.5. The smallest absolute Gasteiger partial charge is 0.251 e. The minimum Gasteiger partial charge on any atom is -0.370 e. The van der Waals surface area contributed by atoms with Crippen molar-refractivity contribution in [1.82, 2.24) is 20.4 Å². The molecule has 0 bridgehead atoms. The maximum Gasteiger partial charge on any atom is 0.251 e. The highest BCUT2D eigenvalue weighted by molar-refractivity contribution is 5.94. The van der Waals surface area contributed by atoms with Crippen LogP contribution in [0.1, 0.15) is 41.6 Å². The average molecular weight is 431 g/mol. The second kappa shape index (κ2) is 9.27. The van der Waals surface area contributed by atoms with Crippen LogP contribution in [0.3, 0.4) is 0 Å². The summed E-state index contributed by atoms with van der Waals surface area (Å²) in [6.45, 7) is 3.51. The molecule has 0 radical (unpaired) electrons. The van der Waals surface area contributed by atoms with E-state index in [9.17, 15) is 4.79 Å². The van der Waals surface area contributed by atoms with Gasteiger partial charge in [0.05, 0.1) is 23.6 Å². The number of hydrogen-bond donors (Lipinski definition) is 2. The Bertz CT molecular complexity index is 1030. The van der Waals surface area contributed by atoms with E-state index in [4.69, 9.17) is 4.74 Å². The van der Waals surface area contributed by atoms with E-state index in [1.165, 1.54) is 11.1 Å².